The van der Waals surface area contributed by atoms with Crippen LogP contribution in [0.25, 0.3) is 0 Å². The molecule has 0 aromatic rings. The zero-order valence-electron chi connectivity index (χ0n) is 10.9. The minimum absolute atomic E-state index is 0.0174. The Bertz CT molecular complexity index is 356. The van der Waals surface area contributed by atoms with Gasteiger partial charge >= 0.3 is 6.03 Å². The predicted octanol–water partition coefficient (Wildman–Crippen LogP) is -0.890. The molecule has 4 amide bonds. The van der Waals surface area contributed by atoms with Gasteiger partial charge in [-0.1, -0.05) is 0 Å². The van der Waals surface area contributed by atoms with Crippen molar-refractivity contribution in [1.82, 2.24) is 14.7 Å². The van der Waals surface area contributed by atoms with Crippen LogP contribution in [0.5, 0.6) is 0 Å². The molecule has 102 valence electrons. The maximum atomic E-state index is 11.8. The van der Waals surface area contributed by atoms with E-state index in [1.54, 1.807) is 14.0 Å². The van der Waals surface area contributed by atoms with E-state index in [0.717, 1.165) is 4.90 Å². The van der Waals surface area contributed by atoms with Gasteiger partial charge in [0.1, 0.15) is 13.1 Å². The number of hydrogen-bond donors (Lipinski definition) is 1. The van der Waals surface area contributed by atoms with E-state index in [9.17, 15) is 14.4 Å². The van der Waals surface area contributed by atoms with E-state index in [-0.39, 0.29) is 24.9 Å². The van der Waals surface area contributed by atoms with Gasteiger partial charge in [0.05, 0.1) is 6.10 Å². The van der Waals surface area contributed by atoms with E-state index < -0.39 is 12.1 Å². The van der Waals surface area contributed by atoms with Crippen molar-refractivity contribution in [2.24, 2.45) is 0 Å². The normalized spacial score (nSPS) is 17.3. The van der Waals surface area contributed by atoms with Gasteiger partial charge in [-0.3, -0.25) is 14.5 Å². The molecule has 1 saturated heterocycles. The molecule has 1 atom stereocenters. The fourth-order valence-corrected chi connectivity index (χ4v) is 1.59. The molecule has 0 radical (unpaired) electrons. The number of rotatable bonds is 5. The zero-order chi connectivity index (χ0) is 13.9. The molecule has 0 aliphatic carbocycles. The molecule has 0 bridgehead atoms. The fraction of sp³-hybridized carbons (Fsp3) is 0.727. The van der Waals surface area contributed by atoms with Crippen LogP contribution in [0.4, 0.5) is 4.79 Å². The summed E-state index contributed by atoms with van der Waals surface area (Å²) < 4.78 is 0. The standard InChI is InChI=1S/C11H19N3O4/c1-8(15)4-5-12(2)9(16)7-14-10(17)6-13(3)11(14)18/h8,15H,4-7H2,1-3H3. The number of likely N-dealkylation sites (N-methyl/N-ethyl adjacent to an activating group) is 2. The summed E-state index contributed by atoms with van der Waals surface area (Å²) in [6.45, 7) is 1.81. The lowest BCUT2D eigenvalue weighted by molar-refractivity contribution is -0.135. The third-order valence-electron chi connectivity index (χ3n) is 2.83. The molecule has 1 fully saturated rings. The average molecular weight is 257 g/mol. The summed E-state index contributed by atoms with van der Waals surface area (Å²) in [6, 6.07) is -0.447. The fourth-order valence-electron chi connectivity index (χ4n) is 1.59. The Balaban J connectivity index is 2.49. The number of hydrogen-bond acceptors (Lipinski definition) is 4. The molecular weight excluding hydrogens is 238 g/mol. The highest BCUT2D eigenvalue weighted by Crippen LogP contribution is 2.08. The first-order valence-corrected chi connectivity index (χ1v) is 5.80. The molecule has 0 aromatic carbocycles. The van der Waals surface area contributed by atoms with E-state index in [1.807, 2.05) is 0 Å². The summed E-state index contributed by atoms with van der Waals surface area (Å²) in [6.07, 6.45) is -0.0224. The van der Waals surface area contributed by atoms with E-state index in [1.165, 1.54) is 16.8 Å². The molecular formula is C11H19N3O4. The Hall–Kier alpha value is -1.63. The van der Waals surface area contributed by atoms with Crippen molar-refractivity contribution in [3.05, 3.63) is 0 Å². The third kappa shape index (κ3) is 3.43. The van der Waals surface area contributed by atoms with Crippen molar-refractivity contribution in [3.8, 4) is 0 Å². The number of nitrogens with zero attached hydrogens (tertiary/aromatic N) is 3. The first-order chi connectivity index (χ1) is 8.32. The Morgan fingerprint density at radius 3 is 2.56 bits per heavy atom. The molecule has 0 saturated carbocycles. The number of aliphatic hydroxyl groups excluding tert-OH is 1. The van der Waals surface area contributed by atoms with Crippen LogP contribution in [-0.2, 0) is 9.59 Å². The number of imide groups is 1. The Kier molecular flexibility index (Phi) is 4.66. The maximum Gasteiger partial charge on any atom is 0.327 e. The predicted molar refractivity (Wildman–Crippen MR) is 63.7 cm³/mol. The molecule has 1 unspecified atom stereocenters. The van der Waals surface area contributed by atoms with E-state index in [0.29, 0.717) is 13.0 Å². The minimum Gasteiger partial charge on any atom is -0.393 e. The van der Waals surface area contributed by atoms with Crippen LogP contribution in [0.1, 0.15) is 13.3 Å². The second-order valence-corrected chi connectivity index (χ2v) is 4.57. The van der Waals surface area contributed by atoms with Gasteiger partial charge in [0, 0.05) is 20.6 Å². The van der Waals surface area contributed by atoms with E-state index in [4.69, 9.17) is 5.11 Å². The topological polar surface area (TPSA) is 81.2 Å². The summed E-state index contributed by atoms with van der Waals surface area (Å²) in [5.41, 5.74) is 0. The van der Waals surface area contributed by atoms with Gasteiger partial charge in [0.15, 0.2) is 0 Å². The molecule has 1 N–H and O–H groups in total. The minimum atomic E-state index is -0.485. The van der Waals surface area contributed by atoms with Crippen molar-refractivity contribution in [3.63, 3.8) is 0 Å². The highest BCUT2D eigenvalue weighted by molar-refractivity contribution is 6.04. The van der Waals surface area contributed by atoms with Crippen molar-refractivity contribution < 1.29 is 19.5 Å². The summed E-state index contributed by atoms with van der Waals surface area (Å²) in [5, 5.41) is 9.12. The van der Waals surface area contributed by atoms with Crippen LogP contribution in [0.15, 0.2) is 0 Å². The molecule has 7 heteroatoms. The third-order valence-corrected chi connectivity index (χ3v) is 2.83. The second-order valence-electron chi connectivity index (χ2n) is 4.57. The Labute approximate surface area is 106 Å². The highest BCUT2D eigenvalue weighted by atomic mass is 16.3. The summed E-state index contributed by atoms with van der Waals surface area (Å²) >= 11 is 0. The lowest BCUT2D eigenvalue weighted by Crippen LogP contribution is -2.42. The molecule has 7 nitrogen and oxygen atoms in total. The van der Waals surface area contributed by atoms with Gasteiger partial charge < -0.3 is 14.9 Å². The quantitative estimate of drug-likeness (QED) is 0.648. The van der Waals surface area contributed by atoms with Crippen LogP contribution in [0.2, 0.25) is 0 Å². The summed E-state index contributed by atoms with van der Waals surface area (Å²) in [5.74, 6) is -0.674. The summed E-state index contributed by atoms with van der Waals surface area (Å²) in [4.78, 5) is 38.4. The van der Waals surface area contributed by atoms with Gasteiger partial charge in [-0.25, -0.2) is 4.79 Å². The molecule has 1 heterocycles. The number of carbonyl (C=O) groups excluding carboxylic acids is 3. The first kappa shape index (κ1) is 14.4. The molecule has 1 rings (SSSR count). The van der Waals surface area contributed by atoms with Crippen LogP contribution < -0.4 is 0 Å². The smallest absolute Gasteiger partial charge is 0.327 e. The monoisotopic (exact) mass is 257 g/mol. The van der Waals surface area contributed by atoms with Crippen molar-refractivity contribution in [2.75, 3.05) is 33.7 Å². The zero-order valence-corrected chi connectivity index (χ0v) is 10.9. The summed E-state index contributed by atoms with van der Waals surface area (Å²) in [7, 11) is 3.10. The molecule has 0 spiro atoms. The Morgan fingerprint density at radius 2 is 2.11 bits per heavy atom. The first-order valence-electron chi connectivity index (χ1n) is 5.80. The second kappa shape index (κ2) is 5.81. The lowest BCUT2D eigenvalue weighted by atomic mass is 10.3. The van der Waals surface area contributed by atoms with Gasteiger partial charge in [-0.15, -0.1) is 0 Å². The molecule has 18 heavy (non-hydrogen) atoms. The lowest BCUT2D eigenvalue weighted by Gasteiger charge is -2.21. The average Bonchev–Trinajstić information content (AvgIpc) is 2.52. The number of urea groups is 1. The van der Waals surface area contributed by atoms with Crippen molar-refractivity contribution in [1.29, 1.82) is 0 Å². The molecule has 1 aliphatic heterocycles. The number of carbonyl (C=O) groups is 3. The molecule has 1 aliphatic rings. The molecule has 0 aromatic heterocycles. The Morgan fingerprint density at radius 1 is 1.50 bits per heavy atom. The van der Waals surface area contributed by atoms with Crippen molar-refractivity contribution >= 4 is 17.8 Å². The number of aliphatic hydroxyl groups is 1. The number of amides is 4. The largest absolute Gasteiger partial charge is 0.393 e. The van der Waals surface area contributed by atoms with Gasteiger partial charge in [-0.05, 0) is 13.3 Å². The van der Waals surface area contributed by atoms with Gasteiger partial charge in [0.2, 0.25) is 5.91 Å². The van der Waals surface area contributed by atoms with Gasteiger partial charge in [-0.2, -0.15) is 0 Å². The van der Waals surface area contributed by atoms with Crippen LogP contribution in [0, 0.1) is 0 Å². The van der Waals surface area contributed by atoms with Crippen LogP contribution in [-0.4, -0.2) is 77.5 Å². The van der Waals surface area contributed by atoms with E-state index in [2.05, 4.69) is 0 Å². The highest BCUT2D eigenvalue weighted by Gasteiger charge is 2.35. The maximum absolute atomic E-state index is 11.8. The SMILES string of the molecule is CC(O)CCN(C)C(=O)CN1C(=O)CN(C)C1=O. The van der Waals surface area contributed by atoms with Gasteiger partial charge in [0.25, 0.3) is 5.91 Å². The van der Waals surface area contributed by atoms with Crippen LogP contribution in [0.3, 0.4) is 0 Å². The van der Waals surface area contributed by atoms with E-state index >= 15 is 0 Å². The van der Waals surface area contributed by atoms with Crippen molar-refractivity contribution in [2.45, 2.75) is 19.4 Å². The van der Waals surface area contributed by atoms with Crippen LogP contribution >= 0.6 is 0 Å².